The number of hydrogen-bond acceptors (Lipinski definition) is 4. The second-order valence-corrected chi connectivity index (χ2v) is 10.1. The highest BCUT2D eigenvalue weighted by Gasteiger charge is 2.63. The van der Waals surface area contributed by atoms with Crippen molar-refractivity contribution < 1.29 is 19.1 Å². The molecule has 0 saturated heterocycles. The van der Waals surface area contributed by atoms with E-state index in [4.69, 9.17) is 4.74 Å². The lowest BCUT2D eigenvalue weighted by Crippen LogP contribution is -2.56. The number of Topliss-reactive ketones (excluding diaryl/α,β-unsaturated/α-hetero) is 3. The molecule has 0 radical (unpaired) electrons. The molecule has 0 N–H and O–H groups in total. The minimum atomic E-state index is -0.530. The fourth-order valence-electron chi connectivity index (χ4n) is 7.17. The van der Waals surface area contributed by atoms with Crippen LogP contribution in [0.5, 0.6) is 0 Å². The first-order valence-corrected chi connectivity index (χ1v) is 9.96. The van der Waals surface area contributed by atoms with Gasteiger partial charge < -0.3 is 4.74 Å². The van der Waals surface area contributed by atoms with Gasteiger partial charge in [-0.1, -0.05) is 27.7 Å². The van der Waals surface area contributed by atoms with E-state index in [-0.39, 0.29) is 28.3 Å². The Kier molecular flexibility index (Phi) is 3.65. The highest BCUT2D eigenvalue weighted by Crippen LogP contribution is 2.65. The van der Waals surface area contributed by atoms with E-state index in [9.17, 15) is 14.4 Å². The molecule has 0 aromatic carbocycles. The molecule has 0 bridgehead atoms. The van der Waals surface area contributed by atoms with Crippen molar-refractivity contribution >= 4 is 17.3 Å². The Morgan fingerprint density at radius 2 is 1.62 bits per heavy atom. The molecule has 4 nitrogen and oxygen atoms in total. The molecule has 4 aliphatic carbocycles. The van der Waals surface area contributed by atoms with Gasteiger partial charge in [-0.3, -0.25) is 14.4 Å². The summed E-state index contributed by atoms with van der Waals surface area (Å²) in [6.45, 7) is 8.23. The predicted molar refractivity (Wildman–Crippen MR) is 97.2 cm³/mol. The number of ketones is 3. The van der Waals surface area contributed by atoms with Crippen LogP contribution in [-0.2, 0) is 19.1 Å². The first-order valence-electron chi connectivity index (χ1n) is 9.96. The van der Waals surface area contributed by atoms with Gasteiger partial charge in [0.25, 0.3) is 0 Å². The van der Waals surface area contributed by atoms with Crippen molar-refractivity contribution in [2.45, 2.75) is 66.2 Å². The van der Waals surface area contributed by atoms with Crippen molar-refractivity contribution in [1.29, 1.82) is 0 Å². The van der Waals surface area contributed by atoms with E-state index in [1.807, 2.05) is 13.8 Å². The van der Waals surface area contributed by atoms with Gasteiger partial charge in [-0.25, -0.2) is 0 Å². The summed E-state index contributed by atoms with van der Waals surface area (Å²) in [6, 6.07) is 0. The lowest BCUT2D eigenvalue weighted by Gasteiger charge is -2.58. The van der Waals surface area contributed by atoms with Gasteiger partial charge in [0.05, 0.1) is 7.11 Å². The molecule has 0 spiro atoms. The van der Waals surface area contributed by atoms with Gasteiger partial charge in [-0.15, -0.1) is 0 Å². The van der Waals surface area contributed by atoms with E-state index >= 15 is 0 Å². The van der Waals surface area contributed by atoms with E-state index in [0.29, 0.717) is 48.2 Å². The Bertz CT molecular complexity index is 745. The van der Waals surface area contributed by atoms with E-state index in [2.05, 4.69) is 13.8 Å². The van der Waals surface area contributed by atoms with Crippen molar-refractivity contribution in [3.8, 4) is 0 Å². The lowest BCUT2D eigenvalue weighted by molar-refractivity contribution is -0.144. The Labute approximate surface area is 155 Å². The molecule has 0 aliphatic heterocycles. The number of carbonyl (C=O) groups excluding carboxylic acids is 3. The molecule has 0 heterocycles. The van der Waals surface area contributed by atoms with Crippen LogP contribution >= 0.6 is 0 Å². The zero-order chi connectivity index (χ0) is 19.1. The fourth-order valence-corrected chi connectivity index (χ4v) is 7.17. The van der Waals surface area contributed by atoms with Gasteiger partial charge in [0.1, 0.15) is 5.78 Å². The average Bonchev–Trinajstić information content (AvgIpc) is 2.85. The third kappa shape index (κ3) is 2.05. The first-order chi connectivity index (χ1) is 12.1. The molecule has 0 unspecified atom stereocenters. The molecule has 0 aromatic rings. The summed E-state index contributed by atoms with van der Waals surface area (Å²) in [5.74, 6) is 1.61. The molecule has 5 atom stereocenters. The molecular formula is C22H30O4. The number of fused-ring (bicyclic) bond motifs is 5. The molecule has 4 rings (SSSR count). The molecule has 4 aliphatic rings. The molecule has 0 amide bonds. The SMILES string of the molecule is COC1=C2C(=O)C[C@@H]3[C@H](CC[C@]4(C)C(=O)CC[C@@H]34)[C@@]2(C)CC(C)(C)C1=O. The number of ether oxygens (including phenoxy) is 1. The van der Waals surface area contributed by atoms with Gasteiger partial charge in [-0.05, 0) is 43.4 Å². The largest absolute Gasteiger partial charge is 0.493 e. The molecule has 26 heavy (non-hydrogen) atoms. The standard InChI is InChI=1S/C22H30O4/c1-20(2)11-22(4)14-8-9-21(3)13(6-7-16(21)24)12(14)10-15(23)17(22)18(26-5)19(20)25/h12-14H,6-11H2,1-5H3/t12-,13-,14-,21-,22+/m0/s1. The summed E-state index contributed by atoms with van der Waals surface area (Å²) in [4.78, 5) is 38.6. The van der Waals surface area contributed by atoms with Crippen LogP contribution in [0.1, 0.15) is 66.2 Å². The van der Waals surface area contributed by atoms with Gasteiger partial charge in [-0.2, -0.15) is 0 Å². The maximum atomic E-state index is 13.2. The van der Waals surface area contributed by atoms with Crippen LogP contribution in [0.2, 0.25) is 0 Å². The topological polar surface area (TPSA) is 60.4 Å². The Hall–Kier alpha value is -1.45. The Morgan fingerprint density at radius 3 is 2.27 bits per heavy atom. The average molecular weight is 358 g/mol. The molecule has 0 aromatic heterocycles. The van der Waals surface area contributed by atoms with Crippen molar-refractivity contribution in [2.75, 3.05) is 7.11 Å². The summed E-state index contributed by atoms with van der Waals surface area (Å²) in [7, 11) is 1.51. The van der Waals surface area contributed by atoms with Crippen molar-refractivity contribution in [3.63, 3.8) is 0 Å². The quantitative estimate of drug-likeness (QED) is 0.714. The number of rotatable bonds is 1. The lowest BCUT2D eigenvalue weighted by atomic mass is 9.45. The number of carbonyl (C=O) groups is 3. The molecule has 3 saturated carbocycles. The van der Waals surface area contributed by atoms with Crippen molar-refractivity contribution in [1.82, 2.24) is 0 Å². The third-order valence-electron chi connectivity index (χ3n) is 8.30. The van der Waals surface area contributed by atoms with Gasteiger partial charge in [0.2, 0.25) is 5.78 Å². The summed E-state index contributed by atoms with van der Waals surface area (Å²) in [5.41, 5.74) is -0.477. The fraction of sp³-hybridized carbons (Fsp3) is 0.773. The van der Waals surface area contributed by atoms with Crippen LogP contribution in [0.25, 0.3) is 0 Å². The van der Waals surface area contributed by atoms with Crippen LogP contribution in [0.15, 0.2) is 11.3 Å². The van der Waals surface area contributed by atoms with Crippen LogP contribution in [0.3, 0.4) is 0 Å². The zero-order valence-electron chi connectivity index (χ0n) is 16.6. The Morgan fingerprint density at radius 1 is 0.962 bits per heavy atom. The maximum Gasteiger partial charge on any atom is 0.203 e. The summed E-state index contributed by atoms with van der Waals surface area (Å²) in [5, 5.41) is 0. The summed E-state index contributed by atoms with van der Waals surface area (Å²) in [6.07, 6.45) is 4.59. The Balaban J connectivity index is 1.84. The van der Waals surface area contributed by atoms with E-state index < -0.39 is 5.41 Å². The second-order valence-electron chi connectivity index (χ2n) is 10.1. The number of allylic oxidation sites excluding steroid dienone is 1. The van der Waals surface area contributed by atoms with Crippen LogP contribution in [0.4, 0.5) is 0 Å². The molecule has 3 fully saturated rings. The molecule has 142 valence electrons. The van der Waals surface area contributed by atoms with E-state index in [0.717, 1.165) is 19.3 Å². The minimum absolute atomic E-state index is 0.0454. The smallest absolute Gasteiger partial charge is 0.203 e. The second kappa shape index (κ2) is 5.30. The van der Waals surface area contributed by atoms with Crippen LogP contribution in [-0.4, -0.2) is 24.5 Å². The van der Waals surface area contributed by atoms with Crippen LogP contribution in [0, 0.1) is 34.0 Å². The van der Waals surface area contributed by atoms with Crippen LogP contribution < -0.4 is 0 Å². The van der Waals surface area contributed by atoms with E-state index in [1.165, 1.54) is 7.11 Å². The number of methoxy groups -OCH3 is 1. The van der Waals surface area contributed by atoms with Gasteiger partial charge in [0.15, 0.2) is 11.5 Å². The normalized spacial score (nSPS) is 44.5. The maximum absolute atomic E-state index is 13.2. The highest BCUT2D eigenvalue weighted by atomic mass is 16.5. The van der Waals surface area contributed by atoms with Crippen molar-refractivity contribution in [3.05, 3.63) is 11.3 Å². The van der Waals surface area contributed by atoms with Crippen molar-refractivity contribution in [2.24, 2.45) is 34.0 Å². The third-order valence-corrected chi connectivity index (χ3v) is 8.30. The highest BCUT2D eigenvalue weighted by molar-refractivity contribution is 6.10. The number of hydrogen-bond donors (Lipinski definition) is 0. The molecular weight excluding hydrogens is 328 g/mol. The first kappa shape index (κ1) is 17.9. The zero-order valence-corrected chi connectivity index (χ0v) is 16.6. The monoisotopic (exact) mass is 358 g/mol. The summed E-state index contributed by atoms with van der Waals surface area (Å²) >= 11 is 0. The predicted octanol–water partition coefficient (Wildman–Crippen LogP) is 3.88. The van der Waals surface area contributed by atoms with Gasteiger partial charge in [0, 0.05) is 34.7 Å². The molecule has 4 heteroatoms. The van der Waals surface area contributed by atoms with E-state index in [1.54, 1.807) is 0 Å². The van der Waals surface area contributed by atoms with Gasteiger partial charge >= 0.3 is 0 Å². The summed E-state index contributed by atoms with van der Waals surface area (Å²) < 4.78 is 5.50. The minimum Gasteiger partial charge on any atom is -0.493 e.